The first-order valence-corrected chi connectivity index (χ1v) is 4.71. The summed E-state index contributed by atoms with van der Waals surface area (Å²) in [6.07, 6.45) is 7.87. The van der Waals surface area contributed by atoms with Crippen LogP contribution in [0, 0.1) is 5.92 Å². The third-order valence-electron chi connectivity index (χ3n) is 2.43. The van der Waals surface area contributed by atoms with Crippen LogP contribution < -0.4 is 0 Å². The number of carbonyl (C=O) groups is 1. The summed E-state index contributed by atoms with van der Waals surface area (Å²) in [6, 6.07) is 0. The first-order valence-electron chi connectivity index (χ1n) is 4.71. The molecule has 1 atom stereocenters. The maximum absolute atomic E-state index is 11.2. The Bertz CT molecular complexity index is 281. The van der Waals surface area contributed by atoms with Crippen LogP contribution in [-0.2, 0) is 4.79 Å². The van der Waals surface area contributed by atoms with E-state index in [1.54, 1.807) is 6.92 Å². The molecule has 0 N–H and O–H groups in total. The van der Waals surface area contributed by atoms with E-state index in [0.29, 0.717) is 0 Å². The van der Waals surface area contributed by atoms with Crippen LogP contribution in [-0.4, -0.2) is 5.78 Å². The molecule has 0 bridgehead atoms. The van der Waals surface area contributed by atoms with Gasteiger partial charge in [0.25, 0.3) is 0 Å². The fourth-order valence-electron chi connectivity index (χ4n) is 1.54. The number of hydrogen-bond acceptors (Lipinski definition) is 1. The van der Waals surface area contributed by atoms with E-state index in [4.69, 9.17) is 0 Å². The second kappa shape index (κ2) is 4.22. The molecule has 13 heavy (non-hydrogen) atoms. The molecular weight excluding hydrogens is 160 g/mol. The molecule has 0 spiro atoms. The molecule has 0 aromatic rings. The van der Waals surface area contributed by atoms with Crippen LogP contribution in [0.5, 0.6) is 0 Å². The molecular formula is C12H16O. The highest BCUT2D eigenvalue weighted by atomic mass is 16.1. The second-order valence-corrected chi connectivity index (χ2v) is 3.55. The number of Topliss-reactive ketones (excluding diaryl/α,β-unsaturated/α-hetero) is 1. The van der Waals surface area contributed by atoms with Crippen molar-refractivity contribution in [3.63, 3.8) is 0 Å². The lowest BCUT2D eigenvalue weighted by Gasteiger charge is -2.09. The molecule has 1 heteroatoms. The van der Waals surface area contributed by atoms with E-state index in [2.05, 4.69) is 13.5 Å². The minimum absolute atomic E-state index is 0.182. The quantitative estimate of drug-likeness (QED) is 0.643. The SMILES string of the molecule is C=C1C=CC(CC(CC)C(C)=O)=C1. The minimum Gasteiger partial charge on any atom is -0.300 e. The van der Waals surface area contributed by atoms with E-state index in [1.165, 1.54) is 5.57 Å². The van der Waals surface area contributed by atoms with Gasteiger partial charge >= 0.3 is 0 Å². The van der Waals surface area contributed by atoms with Crippen molar-refractivity contribution in [3.05, 3.63) is 36.0 Å². The molecule has 1 aliphatic rings. The molecule has 0 aromatic carbocycles. The summed E-state index contributed by atoms with van der Waals surface area (Å²) in [5, 5.41) is 0. The van der Waals surface area contributed by atoms with Gasteiger partial charge in [0.15, 0.2) is 0 Å². The van der Waals surface area contributed by atoms with Gasteiger partial charge in [-0.2, -0.15) is 0 Å². The van der Waals surface area contributed by atoms with Crippen molar-refractivity contribution >= 4 is 5.78 Å². The van der Waals surface area contributed by atoms with Gasteiger partial charge in [-0.1, -0.05) is 31.7 Å². The molecule has 0 radical (unpaired) electrons. The first-order chi connectivity index (χ1) is 6.13. The van der Waals surface area contributed by atoms with Gasteiger partial charge in [0, 0.05) is 5.92 Å². The Labute approximate surface area is 79.8 Å². The van der Waals surface area contributed by atoms with Crippen LogP contribution in [0.2, 0.25) is 0 Å². The Balaban J connectivity index is 2.57. The van der Waals surface area contributed by atoms with Gasteiger partial charge in [0.1, 0.15) is 5.78 Å². The number of carbonyl (C=O) groups excluding carboxylic acids is 1. The van der Waals surface area contributed by atoms with Crippen molar-refractivity contribution in [2.45, 2.75) is 26.7 Å². The molecule has 1 unspecified atom stereocenters. The zero-order valence-electron chi connectivity index (χ0n) is 8.34. The molecule has 0 aliphatic heterocycles. The monoisotopic (exact) mass is 176 g/mol. The lowest BCUT2D eigenvalue weighted by Crippen LogP contribution is -2.09. The topological polar surface area (TPSA) is 17.1 Å². The molecule has 0 fully saturated rings. The van der Waals surface area contributed by atoms with Crippen molar-refractivity contribution in [2.75, 3.05) is 0 Å². The first kappa shape index (κ1) is 9.97. The highest BCUT2D eigenvalue weighted by Gasteiger charge is 2.13. The van der Waals surface area contributed by atoms with Crippen LogP contribution in [0.3, 0.4) is 0 Å². The summed E-state index contributed by atoms with van der Waals surface area (Å²) in [6.45, 7) is 7.56. The van der Waals surface area contributed by atoms with Crippen LogP contribution in [0.15, 0.2) is 36.0 Å². The third kappa shape index (κ3) is 2.69. The smallest absolute Gasteiger partial charge is 0.133 e. The summed E-state index contributed by atoms with van der Waals surface area (Å²) in [4.78, 5) is 11.2. The van der Waals surface area contributed by atoms with E-state index in [9.17, 15) is 4.79 Å². The lowest BCUT2D eigenvalue weighted by atomic mass is 9.94. The average molecular weight is 176 g/mol. The van der Waals surface area contributed by atoms with Crippen molar-refractivity contribution in [3.8, 4) is 0 Å². The van der Waals surface area contributed by atoms with E-state index < -0.39 is 0 Å². The molecule has 0 saturated heterocycles. The summed E-state index contributed by atoms with van der Waals surface area (Å²) < 4.78 is 0. The fourth-order valence-corrected chi connectivity index (χ4v) is 1.54. The van der Waals surface area contributed by atoms with Crippen molar-refractivity contribution in [1.82, 2.24) is 0 Å². The highest BCUT2D eigenvalue weighted by molar-refractivity contribution is 5.78. The molecule has 0 amide bonds. The summed E-state index contributed by atoms with van der Waals surface area (Å²) in [5.41, 5.74) is 2.26. The normalized spacial score (nSPS) is 17.4. The van der Waals surface area contributed by atoms with Crippen LogP contribution >= 0.6 is 0 Å². The van der Waals surface area contributed by atoms with Crippen LogP contribution in [0.1, 0.15) is 26.7 Å². The molecule has 0 heterocycles. The fraction of sp³-hybridized carbons (Fsp3) is 0.417. The third-order valence-corrected chi connectivity index (χ3v) is 2.43. The average Bonchev–Trinajstić information content (AvgIpc) is 2.46. The van der Waals surface area contributed by atoms with E-state index >= 15 is 0 Å². The lowest BCUT2D eigenvalue weighted by molar-refractivity contribution is -0.120. The van der Waals surface area contributed by atoms with Gasteiger partial charge in [-0.05, 0) is 30.9 Å². The molecule has 1 aliphatic carbocycles. The second-order valence-electron chi connectivity index (χ2n) is 3.55. The van der Waals surface area contributed by atoms with Gasteiger partial charge < -0.3 is 0 Å². The molecule has 70 valence electrons. The Hall–Kier alpha value is -1.11. The number of hydrogen-bond donors (Lipinski definition) is 0. The largest absolute Gasteiger partial charge is 0.300 e. The highest BCUT2D eigenvalue weighted by Crippen LogP contribution is 2.22. The van der Waals surface area contributed by atoms with Gasteiger partial charge in [0.2, 0.25) is 0 Å². The number of allylic oxidation sites excluding steroid dienone is 5. The Morgan fingerprint density at radius 2 is 2.23 bits per heavy atom. The molecule has 0 saturated carbocycles. The minimum atomic E-state index is 0.182. The zero-order valence-corrected chi connectivity index (χ0v) is 8.34. The van der Waals surface area contributed by atoms with Gasteiger partial charge in [0.05, 0.1) is 0 Å². The Kier molecular flexibility index (Phi) is 3.24. The standard InChI is InChI=1S/C12H16O/c1-4-12(10(3)13)8-11-6-5-9(2)7-11/h5-7,12H,2,4,8H2,1,3H3. The zero-order chi connectivity index (χ0) is 9.84. The predicted molar refractivity (Wildman–Crippen MR) is 55.4 cm³/mol. The molecule has 1 nitrogen and oxygen atoms in total. The van der Waals surface area contributed by atoms with Gasteiger partial charge in [-0.3, -0.25) is 4.79 Å². The summed E-state index contributed by atoms with van der Waals surface area (Å²) in [5.74, 6) is 0.469. The maximum Gasteiger partial charge on any atom is 0.133 e. The Morgan fingerprint density at radius 3 is 2.62 bits per heavy atom. The van der Waals surface area contributed by atoms with Gasteiger partial charge in [-0.25, -0.2) is 0 Å². The predicted octanol–water partition coefficient (Wildman–Crippen LogP) is 3.04. The van der Waals surface area contributed by atoms with Crippen molar-refractivity contribution in [1.29, 1.82) is 0 Å². The van der Waals surface area contributed by atoms with Gasteiger partial charge in [-0.15, -0.1) is 0 Å². The number of rotatable bonds is 4. The Morgan fingerprint density at radius 1 is 1.54 bits per heavy atom. The summed E-state index contributed by atoms with van der Waals surface area (Å²) in [7, 11) is 0. The van der Waals surface area contributed by atoms with E-state index in [0.717, 1.165) is 18.4 Å². The van der Waals surface area contributed by atoms with Crippen molar-refractivity contribution < 1.29 is 4.79 Å². The van der Waals surface area contributed by atoms with Crippen LogP contribution in [0.4, 0.5) is 0 Å². The van der Waals surface area contributed by atoms with E-state index in [-0.39, 0.29) is 11.7 Å². The van der Waals surface area contributed by atoms with E-state index in [1.807, 2.05) is 18.2 Å². The summed E-state index contributed by atoms with van der Waals surface area (Å²) >= 11 is 0. The van der Waals surface area contributed by atoms with Crippen molar-refractivity contribution in [2.24, 2.45) is 5.92 Å². The number of ketones is 1. The molecule has 0 aromatic heterocycles. The van der Waals surface area contributed by atoms with Crippen LogP contribution in [0.25, 0.3) is 0 Å². The molecule has 1 rings (SSSR count). The maximum atomic E-state index is 11.2.